The van der Waals surface area contributed by atoms with Gasteiger partial charge in [-0.2, -0.15) is 5.10 Å². The third kappa shape index (κ3) is 3.63. The van der Waals surface area contributed by atoms with Gasteiger partial charge in [0.05, 0.1) is 12.5 Å². The second kappa shape index (κ2) is 6.79. The lowest BCUT2D eigenvalue weighted by Gasteiger charge is -2.14. The lowest BCUT2D eigenvalue weighted by molar-refractivity contribution is -0.121. The highest BCUT2D eigenvalue weighted by molar-refractivity contribution is 5.78. The van der Waals surface area contributed by atoms with E-state index in [1.807, 2.05) is 23.7 Å². The molecule has 6 nitrogen and oxygen atoms in total. The number of nitrogens with one attached hydrogen (secondary N) is 1. The largest absolute Gasteiger partial charge is 0.346 e. The van der Waals surface area contributed by atoms with Crippen molar-refractivity contribution in [1.82, 2.24) is 25.1 Å². The van der Waals surface area contributed by atoms with E-state index in [1.165, 1.54) is 6.33 Å². The molecule has 1 N–H and O–H groups in total. The minimum absolute atomic E-state index is 0.0449. The molecule has 0 saturated heterocycles. The first-order valence-corrected chi connectivity index (χ1v) is 6.76. The Morgan fingerprint density at radius 1 is 1.50 bits per heavy atom. The van der Waals surface area contributed by atoms with E-state index in [1.54, 1.807) is 12.4 Å². The maximum Gasteiger partial charge on any atom is 0.225 e. The van der Waals surface area contributed by atoms with Gasteiger partial charge >= 0.3 is 0 Å². The summed E-state index contributed by atoms with van der Waals surface area (Å²) in [7, 11) is 0. The maximum atomic E-state index is 12.0. The van der Waals surface area contributed by atoms with E-state index in [0.29, 0.717) is 6.42 Å². The Hall–Kier alpha value is -2.24. The van der Waals surface area contributed by atoms with Crippen molar-refractivity contribution >= 4 is 5.91 Å². The molecule has 2 heterocycles. The number of carbonyl (C=O) groups excluding carboxylic acids is 1. The monoisotopic (exact) mass is 273 g/mol. The number of amides is 1. The number of aromatic nitrogens is 4. The first-order valence-electron chi connectivity index (χ1n) is 6.76. The zero-order valence-electron chi connectivity index (χ0n) is 11.8. The third-order valence-corrected chi connectivity index (χ3v) is 2.93. The first kappa shape index (κ1) is 14.2. The highest BCUT2D eigenvalue weighted by Crippen LogP contribution is 2.09. The molecule has 0 bridgehead atoms. The summed E-state index contributed by atoms with van der Waals surface area (Å²) in [4.78, 5) is 20.2. The van der Waals surface area contributed by atoms with Crippen molar-refractivity contribution in [1.29, 1.82) is 0 Å². The van der Waals surface area contributed by atoms with Crippen LogP contribution in [0.3, 0.4) is 0 Å². The van der Waals surface area contributed by atoms with Crippen molar-refractivity contribution < 1.29 is 4.79 Å². The van der Waals surface area contributed by atoms with E-state index >= 15 is 0 Å². The molecule has 2 aromatic rings. The number of hydrogen-bond donors (Lipinski definition) is 1. The van der Waals surface area contributed by atoms with Crippen LogP contribution >= 0.6 is 0 Å². The molecule has 2 aromatic heterocycles. The summed E-state index contributed by atoms with van der Waals surface area (Å²) in [5.74, 6) is 0.739. The summed E-state index contributed by atoms with van der Waals surface area (Å²) in [6.45, 7) is 4.80. The average molecular weight is 273 g/mol. The Bertz CT molecular complexity index is 552. The van der Waals surface area contributed by atoms with E-state index in [-0.39, 0.29) is 11.9 Å². The molecular weight excluding hydrogens is 254 g/mol. The lowest BCUT2D eigenvalue weighted by atomic mass is 10.2. The van der Waals surface area contributed by atoms with Gasteiger partial charge in [0.15, 0.2) is 0 Å². The van der Waals surface area contributed by atoms with Crippen LogP contribution < -0.4 is 5.32 Å². The van der Waals surface area contributed by atoms with Crippen LogP contribution in [-0.2, 0) is 17.8 Å². The van der Waals surface area contributed by atoms with Crippen LogP contribution in [0, 0.1) is 0 Å². The maximum absolute atomic E-state index is 12.0. The Labute approximate surface area is 118 Å². The summed E-state index contributed by atoms with van der Waals surface area (Å²) in [5.41, 5.74) is 0.896. The van der Waals surface area contributed by atoms with E-state index < -0.39 is 0 Å². The van der Waals surface area contributed by atoms with Crippen molar-refractivity contribution in [2.75, 3.05) is 0 Å². The van der Waals surface area contributed by atoms with Crippen molar-refractivity contribution in [2.45, 2.75) is 39.3 Å². The van der Waals surface area contributed by atoms with Crippen LogP contribution in [0.1, 0.15) is 37.7 Å². The third-order valence-electron chi connectivity index (χ3n) is 2.93. The molecule has 0 aliphatic carbocycles. The number of aryl methyl sites for hydroxylation is 1. The van der Waals surface area contributed by atoms with Gasteiger partial charge in [0.1, 0.15) is 12.2 Å². The molecule has 6 heteroatoms. The summed E-state index contributed by atoms with van der Waals surface area (Å²) in [6, 6.07) is 3.55. The van der Waals surface area contributed by atoms with Gasteiger partial charge in [-0.3, -0.25) is 9.78 Å². The zero-order valence-corrected chi connectivity index (χ0v) is 11.8. The highest BCUT2D eigenvalue weighted by Gasteiger charge is 2.15. The van der Waals surface area contributed by atoms with Gasteiger partial charge < -0.3 is 5.32 Å². The number of pyridine rings is 1. The van der Waals surface area contributed by atoms with Gasteiger partial charge in [-0.25, -0.2) is 9.67 Å². The minimum Gasteiger partial charge on any atom is -0.346 e. The molecule has 0 aromatic carbocycles. The van der Waals surface area contributed by atoms with Crippen molar-refractivity contribution in [3.8, 4) is 0 Å². The van der Waals surface area contributed by atoms with E-state index in [4.69, 9.17) is 0 Å². The Kier molecular flexibility index (Phi) is 4.81. The predicted octanol–water partition coefficient (Wildman–Crippen LogP) is 1.50. The highest BCUT2D eigenvalue weighted by atomic mass is 16.1. The molecule has 0 aliphatic rings. The number of nitrogens with zero attached hydrogens (tertiary/aromatic N) is 4. The Balaban J connectivity index is 1.95. The molecule has 0 saturated carbocycles. The predicted molar refractivity (Wildman–Crippen MR) is 74.8 cm³/mol. The van der Waals surface area contributed by atoms with Gasteiger partial charge in [-0.05, 0) is 25.0 Å². The van der Waals surface area contributed by atoms with Crippen molar-refractivity contribution in [3.05, 3.63) is 42.2 Å². The Morgan fingerprint density at radius 3 is 3.05 bits per heavy atom. The van der Waals surface area contributed by atoms with E-state index in [0.717, 1.165) is 24.4 Å². The van der Waals surface area contributed by atoms with E-state index in [2.05, 4.69) is 27.3 Å². The van der Waals surface area contributed by atoms with Crippen LogP contribution in [0.15, 0.2) is 30.9 Å². The summed E-state index contributed by atoms with van der Waals surface area (Å²) < 4.78 is 1.83. The van der Waals surface area contributed by atoms with Crippen LogP contribution in [-0.4, -0.2) is 25.7 Å². The molecule has 1 amide bonds. The molecule has 2 rings (SSSR count). The van der Waals surface area contributed by atoms with Crippen molar-refractivity contribution in [2.24, 2.45) is 0 Å². The normalized spacial score (nSPS) is 12.1. The standard InChI is InChI=1S/C14H19N5O/c1-3-7-19-14(16-10-17-19)11(2)18-13(20)8-12-5-4-6-15-9-12/h4-6,9-11H,3,7-8H2,1-2H3,(H,18,20). The van der Waals surface area contributed by atoms with Crippen LogP contribution in [0.25, 0.3) is 0 Å². The lowest BCUT2D eigenvalue weighted by Crippen LogP contribution is -2.30. The molecule has 0 aliphatic heterocycles. The molecular formula is C14H19N5O. The fourth-order valence-electron chi connectivity index (χ4n) is 2.04. The minimum atomic E-state index is -0.159. The summed E-state index contributed by atoms with van der Waals surface area (Å²) >= 11 is 0. The molecule has 1 unspecified atom stereocenters. The van der Waals surface area contributed by atoms with Gasteiger partial charge in [0.25, 0.3) is 0 Å². The molecule has 1 atom stereocenters. The van der Waals surface area contributed by atoms with Crippen LogP contribution in [0.5, 0.6) is 0 Å². The quantitative estimate of drug-likeness (QED) is 0.865. The van der Waals surface area contributed by atoms with Crippen LogP contribution in [0.2, 0.25) is 0 Å². The molecule has 0 fully saturated rings. The Morgan fingerprint density at radius 2 is 2.35 bits per heavy atom. The van der Waals surface area contributed by atoms with Crippen LogP contribution in [0.4, 0.5) is 0 Å². The van der Waals surface area contributed by atoms with Gasteiger partial charge in [-0.1, -0.05) is 13.0 Å². The molecule has 0 spiro atoms. The number of rotatable bonds is 6. The smallest absolute Gasteiger partial charge is 0.225 e. The summed E-state index contributed by atoms with van der Waals surface area (Å²) in [6.07, 6.45) is 6.21. The zero-order chi connectivity index (χ0) is 14.4. The fraction of sp³-hybridized carbons (Fsp3) is 0.429. The molecule has 20 heavy (non-hydrogen) atoms. The van der Waals surface area contributed by atoms with Crippen molar-refractivity contribution in [3.63, 3.8) is 0 Å². The number of carbonyl (C=O) groups is 1. The molecule has 106 valence electrons. The van der Waals surface area contributed by atoms with Gasteiger partial charge in [0.2, 0.25) is 5.91 Å². The second-order valence-corrected chi connectivity index (χ2v) is 4.67. The van der Waals surface area contributed by atoms with E-state index in [9.17, 15) is 4.79 Å². The fourth-order valence-corrected chi connectivity index (χ4v) is 2.04. The average Bonchev–Trinajstić information content (AvgIpc) is 2.88. The molecule has 0 radical (unpaired) electrons. The first-order chi connectivity index (χ1) is 9.70. The van der Waals surface area contributed by atoms with Gasteiger partial charge in [-0.15, -0.1) is 0 Å². The topological polar surface area (TPSA) is 72.7 Å². The SMILES string of the molecule is CCCn1ncnc1C(C)NC(=O)Cc1cccnc1. The number of hydrogen-bond acceptors (Lipinski definition) is 4. The summed E-state index contributed by atoms with van der Waals surface area (Å²) in [5, 5.41) is 7.10. The van der Waals surface area contributed by atoms with Gasteiger partial charge in [0, 0.05) is 18.9 Å². The second-order valence-electron chi connectivity index (χ2n) is 4.67.